The molecule has 168 valence electrons. The predicted molar refractivity (Wildman–Crippen MR) is 126 cm³/mol. The number of anilines is 2. The monoisotopic (exact) mass is 444 g/mol. The Morgan fingerprint density at radius 2 is 1.97 bits per heavy atom. The van der Waals surface area contributed by atoms with Crippen LogP contribution in [0.15, 0.2) is 53.5 Å². The standard InChI is InChI=1S/C25H24N4O4/c1-31-18-8-6-16(7-9-18)14-32-15-17-12-26-13-21-25(30)28-10-11-33-24-23(28)22(29(17)21)19-4-2-3-5-20(19)27-24/h2-9,13,17,21H,10-12,14-15H2,1H3. The first kappa shape index (κ1) is 20.0. The molecule has 0 radical (unpaired) electrons. The summed E-state index contributed by atoms with van der Waals surface area (Å²) in [6.45, 7) is 2.41. The van der Waals surface area contributed by atoms with Crippen molar-refractivity contribution in [2.45, 2.75) is 18.7 Å². The highest BCUT2D eigenvalue weighted by atomic mass is 16.5. The fraction of sp³-hybridized carbons (Fsp3) is 0.320. The number of para-hydroxylation sites is 1. The van der Waals surface area contributed by atoms with Gasteiger partial charge in [-0.1, -0.05) is 30.3 Å². The molecule has 2 aromatic carbocycles. The summed E-state index contributed by atoms with van der Waals surface area (Å²) >= 11 is 0. The van der Waals surface area contributed by atoms with Crippen LogP contribution in [0.3, 0.4) is 0 Å². The lowest BCUT2D eigenvalue weighted by atomic mass is 9.98. The molecule has 8 heteroatoms. The SMILES string of the molecule is COc1ccc(COCC2CN=CC3C(=O)N4CCOc5nc6ccccc6c(c54)N23)cc1. The molecular formula is C25H24N4O4. The summed E-state index contributed by atoms with van der Waals surface area (Å²) < 4.78 is 17.2. The van der Waals surface area contributed by atoms with Crippen molar-refractivity contribution < 1.29 is 19.0 Å². The second kappa shape index (κ2) is 8.04. The number of hydrogen-bond donors (Lipinski definition) is 0. The average Bonchev–Trinajstić information content (AvgIpc) is 2.86. The lowest BCUT2D eigenvalue weighted by Crippen LogP contribution is -2.62. The maximum atomic E-state index is 13.4. The van der Waals surface area contributed by atoms with E-state index in [0.717, 1.165) is 33.6 Å². The van der Waals surface area contributed by atoms with Crippen LogP contribution in [0.25, 0.3) is 10.9 Å². The molecule has 0 fully saturated rings. The highest BCUT2D eigenvalue weighted by molar-refractivity contribution is 6.19. The third-order valence-electron chi connectivity index (χ3n) is 6.40. The minimum atomic E-state index is -0.461. The highest BCUT2D eigenvalue weighted by Crippen LogP contribution is 2.48. The van der Waals surface area contributed by atoms with E-state index in [1.807, 2.05) is 42.5 Å². The zero-order valence-corrected chi connectivity index (χ0v) is 18.3. The van der Waals surface area contributed by atoms with E-state index in [-0.39, 0.29) is 11.9 Å². The van der Waals surface area contributed by atoms with Gasteiger partial charge in [-0.2, -0.15) is 0 Å². The second-order valence-corrected chi connectivity index (χ2v) is 8.35. The Labute approximate surface area is 191 Å². The van der Waals surface area contributed by atoms with E-state index in [0.29, 0.717) is 38.8 Å². The molecule has 0 spiro atoms. The van der Waals surface area contributed by atoms with Crippen LogP contribution in [0.5, 0.6) is 11.6 Å². The van der Waals surface area contributed by atoms with Crippen molar-refractivity contribution in [2.75, 3.05) is 43.2 Å². The van der Waals surface area contributed by atoms with Gasteiger partial charge in [0.15, 0.2) is 0 Å². The molecule has 0 saturated carbocycles. The van der Waals surface area contributed by atoms with E-state index in [1.165, 1.54) is 0 Å². The minimum Gasteiger partial charge on any atom is -0.497 e. The molecule has 1 aromatic heterocycles. The summed E-state index contributed by atoms with van der Waals surface area (Å²) in [6, 6.07) is 15.3. The van der Waals surface area contributed by atoms with Crippen LogP contribution in [-0.2, 0) is 16.1 Å². The van der Waals surface area contributed by atoms with E-state index >= 15 is 0 Å². The third-order valence-corrected chi connectivity index (χ3v) is 6.40. The number of pyridine rings is 1. The largest absolute Gasteiger partial charge is 0.497 e. The number of methoxy groups -OCH3 is 1. The van der Waals surface area contributed by atoms with Crippen LogP contribution in [0.1, 0.15) is 5.56 Å². The fourth-order valence-corrected chi connectivity index (χ4v) is 4.83. The minimum absolute atomic E-state index is 0.00716. The molecule has 1 amide bonds. The van der Waals surface area contributed by atoms with Gasteiger partial charge in [0.25, 0.3) is 5.91 Å². The Bertz CT molecular complexity index is 1240. The van der Waals surface area contributed by atoms with Crippen LogP contribution in [-0.4, -0.2) is 62.6 Å². The molecule has 0 N–H and O–H groups in total. The summed E-state index contributed by atoms with van der Waals surface area (Å²) in [5, 5.41) is 1.000. The molecule has 2 atom stereocenters. The van der Waals surface area contributed by atoms with E-state index in [1.54, 1.807) is 18.2 Å². The molecule has 2 unspecified atom stereocenters. The van der Waals surface area contributed by atoms with E-state index in [2.05, 4.69) is 16.0 Å². The van der Waals surface area contributed by atoms with Crippen LogP contribution < -0.4 is 19.3 Å². The van der Waals surface area contributed by atoms with Crippen molar-refractivity contribution in [1.29, 1.82) is 0 Å². The van der Waals surface area contributed by atoms with Gasteiger partial charge in [-0.15, -0.1) is 0 Å². The number of rotatable bonds is 5. The quantitative estimate of drug-likeness (QED) is 0.602. The summed E-state index contributed by atoms with van der Waals surface area (Å²) in [5.41, 5.74) is 3.65. The first-order chi connectivity index (χ1) is 16.2. The number of nitrogens with zero attached hydrogens (tertiary/aromatic N) is 4. The first-order valence-corrected chi connectivity index (χ1v) is 11.1. The highest BCUT2D eigenvalue weighted by Gasteiger charge is 2.46. The predicted octanol–water partition coefficient (Wildman–Crippen LogP) is 2.83. The summed E-state index contributed by atoms with van der Waals surface area (Å²) in [4.78, 5) is 26.7. The molecule has 3 aliphatic heterocycles. The zero-order chi connectivity index (χ0) is 22.4. The maximum absolute atomic E-state index is 13.4. The normalized spacial score (nSPS) is 20.9. The molecule has 8 nitrogen and oxygen atoms in total. The second-order valence-electron chi connectivity index (χ2n) is 8.35. The van der Waals surface area contributed by atoms with Gasteiger partial charge in [0, 0.05) is 11.6 Å². The van der Waals surface area contributed by atoms with Gasteiger partial charge >= 0.3 is 0 Å². The number of fused-ring (bicyclic) bond motifs is 4. The van der Waals surface area contributed by atoms with Crippen LogP contribution in [0.4, 0.5) is 11.4 Å². The van der Waals surface area contributed by atoms with E-state index in [4.69, 9.17) is 19.2 Å². The maximum Gasteiger partial charge on any atom is 0.255 e. The molecule has 4 heterocycles. The number of carbonyl (C=O) groups is 1. The van der Waals surface area contributed by atoms with Gasteiger partial charge in [-0.3, -0.25) is 9.79 Å². The Morgan fingerprint density at radius 3 is 2.82 bits per heavy atom. The molecule has 33 heavy (non-hydrogen) atoms. The summed E-state index contributed by atoms with van der Waals surface area (Å²) in [5.74, 6) is 1.34. The van der Waals surface area contributed by atoms with Crippen molar-refractivity contribution in [1.82, 2.24) is 4.98 Å². The van der Waals surface area contributed by atoms with Crippen molar-refractivity contribution in [3.05, 3.63) is 54.1 Å². The van der Waals surface area contributed by atoms with Crippen LogP contribution >= 0.6 is 0 Å². The van der Waals surface area contributed by atoms with Crippen molar-refractivity contribution >= 4 is 34.4 Å². The van der Waals surface area contributed by atoms with Gasteiger partial charge in [0.1, 0.15) is 24.1 Å². The number of aliphatic imine (C=N–C) groups is 1. The van der Waals surface area contributed by atoms with Gasteiger partial charge in [-0.05, 0) is 23.8 Å². The summed E-state index contributed by atoms with van der Waals surface area (Å²) in [7, 11) is 1.65. The number of hydrogen-bond acceptors (Lipinski definition) is 7. The van der Waals surface area contributed by atoms with Gasteiger partial charge in [0.05, 0.1) is 50.7 Å². The van der Waals surface area contributed by atoms with E-state index in [9.17, 15) is 4.79 Å². The molecule has 3 aromatic rings. The Kier molecular flexibility index (Phi) is 4.87. The Balaban J connectivity index is 1.35. The lowest BCUT2D eigenvalue weighted by molar-refractivity contribution is -0.119. The van der Waals surface area contributed by atoms with Crippen molar-refractivity contribution in [3.8, 4) is 11.6 Å². The zero-order valence-electron chi connectivity index (χ0n) is 18.3. The lowest BCUT2D eigenvalue weighted by Gasteiger charge is -2.48. The average molecular weight is 444 g/mol. The first-order valence-electron chi connectivity index (χ1n) is 11.1. The van der Waals surface area contributed by atoms with Gasteiger partial charge in [-0.25, -0.2) is 4.98 Å². The molecule has 0 bridgehead atoms. The molecule has 6 rings (SSSR count). The Hall–Kier alpha value is -3.65. The molecule has 3 aliphatic rings. The summed E-state index contributed by atoms with van der Waals surface area (Å²) in [6.07, 6.45) is 1.77. The molecule has 0 saturated heterocycles. The molecule has 0 aliphatic carbocycles. The Morgan fingerprint density at radius 1 is 1.12 bits per heavy atom. The topological polar surface area (TPSA) is 76.5 Å². The molecular weight excluding hydrogens is 420 g/mol. The number of ether oxygens (including phenoxy) is 3. The number of benzene rings is 2. The van der Waals surface area contributed by atoms with Crippen LogP contribution in [0, 0.1) is 0 Å². The van der Waals surface area contributed by atoms with Crippen LogP contribution in [0.2, 0.25) is 0 Å². The van der Waals surface area contributed by atoms with Gasteiger partial charge in [0.2, 0.25) is 5.88 Å². The van der Waals surface area contributed by atoms with E-state index < -0.39 is 6.04 Å². The number of amides is 1. The van der Waals surface area contributed by atoms with Gasteiger partial charge < -0.3 is 24.0 Å². The number of aromatic nitrogens is 1. The smallest absolute Gasteiger partial charge is 0.255 e. The van der Waals surface area contributed by atoms with Crippen molar-refractivity contribution in [2.24, 2.45) is 4.99 Å². The van der Waals surface area contributed by atoms with Crippen molar-refractivity contribution in [3.63, 3.8) is 0 Å². The third kappa shape index (κ3) is 3.29. The fourth-order valence-electron chi connectivity index (χ4n) is 4.83. The number of carbonyl (C=O) groups excluding carboxylic acids is 1.